The molecular formula is C18H29NO3S4. The number of aliphatic hydroxyl groups excluding tert-OH is 2. The molecule has 0 aromatic carbocycles. The molecule has 148 valence electrons. The predicted octanol–water partition coefficient (Wildman–Crippen LogP) is 4.82. The zero-order valence-corrected chi connectivity index (χ0v) is 19.0. The van der Waals surface area contributed by atoms with Crippen LogP contribution in [0.4, 0.5) is 5.88 Å². The monoisotopic (exact) mass is 435 g/mol. The summed E-state index contributed by atoms with van der Waals surface area (Å²) < 4.78 is 8.01. The fourth-order valence-corrected chi connectivity index (χ4v) is 4.80. The van der Waals surface area contributed by atoms with Crippen LogP contribution in [0, 0.1) is 11.4 Å². The molecule has 8 heteroatoms. The molecule has 0 atom stereocenters. The quantitative estimate of drug-likeness (QED) is 0.388. The Hall–Kier alpha value is -0.250. The molecule has 0 aliphatic heterocycles. The number of thiophene rings is 1. The highest BCUT2D eigenvalue weighted by Gasteiger charge is 2.13. The van der Waals surface area contributed by atoms with Gasteiger partial charge in [-0.2, -0.15) is 23.5 Å². The number of fused-ring (bicyclic) bond motifs is 1. The lowest BCUT2D eigenvalue weighted by molar-refractivity contribution is 0.322. The van der Waals surface area contributed by atoms with Gasteiger partial charge >= 0.3 is 0 Å². The molecule has 2 rings (SSSR count). The summed E-state index contributed by atoms with van der Waals surface area (Å²) in [5, 5.41) is 19.9. The second-order valence-electron chi connectivity index (χ2n) is 5.18. The number of aliphatic hydroxyl groups is 2. The van der Waals surface area contributed by atoms with E-state index < -0.39 is 0 Å². The molecule has 4 nitrogen and oxygen atoms in total. The van der Waals surface area contributed by atoms with Gasteiger partial charge < -0.3 is 19.5 Å². The van der Waals surface area contributed by atoms with Crippen LogP contribution in [0.2, 0.25) is 0 Å². The van der Waals surface area contributed by atoms with E-state index in [1.54, 1.807) is 34.9 Å². The third-order valence-corrected chi connectivity index (χ3v) is 6.85. The zero-order chi connectivity index (χ0) is 19.4. The van der Waals surface area contributed by atoms with Crippen molar-refractivity contribution in [2.45, 2.75) is 20.8 Å². The summed E-state index contributed by atoms with van der Waals surface area (Å²) in [7, 11) is 0. The third-order valence-electron chi connectivity index (χ3n) is 3.40. The second-order valence-corrected chi connectivity index (χ2v) is 8.95. The highest BCUT2D eigenvalue weighted by atomic mass is 32.2. The Labute approximate surface area is 174 Å². The van der Waals surface area contributed by atoms with Crippen molar-refractivity contribution in [1.82, 2.24) is 0 Å². The van der Waals surface area contributed by atoms with Gasteiger partial charge in [0.25, 0.3) is 0 Å². The SMILES string of the molecule is CC.Cc1csc2c(=S)cc(N(CCSCCO)CCSCCO)oc12. The standard InChI is InChI=1S/C16H23NO3S4.C2H6/c1-12-11-24-16-13(21)10-14(20-15(12)16)17(2-6-22-8-4-18)3-7-23-9-5-19;1-2/h10-11,18-19H,2-9H2,1H3;1-2H3. The molecule has 0 saturated heterocycles. The average molecular weight is 436 g/mol. The molecule has 0 aliphatic carbocycles. The summed E-state index contributed by atoms with van der Waals surface area (Å²) in [5.41, 5.74) is 2.01. The molecule has 2 heterocycles. The number of nitrogens with zero attached hydrogens (tertiary/aromatic N) is 1. The summed E-state index contributed by atoms with van der Waals surface area (Å²) in [6.45, 7) is 8.14. The van der Waals surface area contributed by atoms with Crippen LogP contribution < -0.4 is 4.90 Å². The zero-order valence-electron chi connectivity index (χ0n) is 15.7. The van der Waals surface area contributed by atoms with Crippen molar-refractivity contribution in [2.75, 3.05) is 54.2 Å². The van der Waals surface area contributed by atoms with E-state index in [4.69, 9.17) is 26.8 Å². The lowest BCUT2D eigenvalue weighted by Gasteiger charge is -2.23. The van der Waals surface area contributed by atoms with Crippen molar-refractivity contribution in [2.24, 2.45) is 0 Å². The van der Waals surface area contributed by atoms with E-state index in [9.17, 15) is 0 Å². The molecule has 0 bridgehead atoms. The third kappa shape index (κ3) is 7.40. The van der Waals surface area contributed by atoms with Crippen molar-refractivity contribution in [3.05, 3.63) is 21.5 Å². The van der Waals surface area contributed by atoms with Crippen LogP contribution in [0.15, 0.2) is 15.9 Å². The molecule has 2 aromatic heterocycles. The van der Waals surface area contributed by atoms with E-state index in [-0.39, 0.29) is 13.2 Å². The summed E-state index contributed by atoms with van der Waals surface area (Å²) in [4.78, 5) is 2.21. The molecule has 0 fully saturated rings. The topological polar surface area (TPSA) is 56.8 Å². The number of hydrogen-bond acceptors (Lipinski definition) is 8. The van der Waals surface area contributed by atoms with E-state index in [0.29, 0.717) is 0 Å². The Bertz CT molecular complexity index is 675. The van der Waals surface area contributed by atoms with E-state index in [2.05, 4.69) is 10.3 Å². The number of hydrogen-bond donors (Lipinski definition) is 2. The molecule has 2 aromatic rings. The summed E-state index contributed by atoms with van der Waals surface area (Å²) in [5.74, 6) is 4.16. The van der Waals surface area contributed by atoms with Crippen molar-refractivity contribution in [1.29, 1.82) is 0 Å². The molecule has 26 heavy (non-hydrogen) atoms. The van der Waals surface area contributed by atoms with E-state index in [1.807, 2.05) is 26.8 Å². The number of thioether (sulfide) groups is 2. The fraction of sp³-hybridized carbons (Fsp3) is 0.611. The molecule has 0 amide bonds. The van der Waals surface area contributed by atoms with Crippen molar-refractivity contribution < 1.29 is 14.6 Å². The van der Waals surface area contributed by atoms with Gasteiger partial charge in [-0.25, -0.2) is 0 Å². The van der Waals surface area contributed by atoms with Crippen molar-refractivity contribution in [3.8, 4) is 0 Å². The molecular weight excluding hydrogens is 406 g/mol. The van der Waals surface area contributed by atoms with Crippen molar-refractivity contribution in [3.63, 3.8) is 0 Å². The Morgan fingerprint density at radius 3 is 2.19 bits per heavy atom. The van der Waals surface area contributed by atoms with Crippen LogP contribution in [0.25, 0.3) is 10.3 Å². The lowest BCUT2D eigenvalue weighted by atomic mass is 10.3. The first kappa shape index (κ1) is 23.8. The van der Waals surface area contributed by atoms with Gasteiger partial charge in [0.15, 0.2) is 11.5 Å². The largest absolute Gasteiger partial charge is 0.439 e. The Kier molecular flexibility index (Phi) is 12.7. The molecule has 0 aliphatic rings. The smallest absolute Gasteiger partial charge is 0.197 e. The average Bonchev–Trinajstić information content (AvgIpc) is 3.03. The second kappa shape index (κ2) is 13.8. The number of anilines is 1. The molecule has 0 radical (unpaired) electrons. The van der Waals surface area contributed by atoms with Crippen LogP contribution in [0.1, 0.15) is 19.4 Å². The van der Waals surface area contributed by atoms with E-state index in [1.165, 1.54) is 0 Å². The minimum absolute atomic E-state index is 0.206. The Morgan fingerprint density at radius 1 is 1.08 bits per heavy atom. The van der Waals surface area contributed by atoms with Gasteiger partial charge in [-0.1, -0.05) is 26.1 Å². The van der Waals surface area contributed by atoms with E-state index >= 15 is 0 Å². The van der Waals surface area contributed by atoms with Crippen LogP contribution in [0.3, 0.4) is 0 Å². The summed E-state index contributed by atoms with van der Waals surface area (Å²) in [6, 6.07) is 1.95. The maximum Gasteiger partial charge on any atom is 0.197 e. The van der Waals surface area contributed by atoms with Gasteiger partial charge in [0.05, 0.1) is 22.4 Å². The molecule has 0 unspecified atom stereocenters. The highest BCUT2D eigenvalue weighted by Crippen LogP contribution is 2.31. The Balaban J connectivity index is 0.00000163. The molecule has 0 spiro atoms. The van der Waals surface area contributed by atoms with Crippen LogP contribution >= 0.6 is 47.1 Å². The maximum atomic E-state index is 8.92. The lowest BCUT2D eigenvalue weighted by Crippen LogP contribution is -2.28. The minimum Gasteiger partial charge on any atom is -0.439 e. The molecule has 2 N–H and O–H groups in total. The molecule has 0 saturated carbocycles. The highest BCUT2D eigenvalue weighted by molar-refractivity contribution is 7.99. The van der Waals surface area contributed by atoms with Gasteiger partial charge in [-0.05, 0) is 12.3 Å². The minimum atomic E-state index is 0.206. The number of aryl methyl sites for hydroxylation is 1. The van der Waals surface area contributed by atoms with Crippen LogP contribution in [0.5, 0.6) is 0 Å². The summed E-state index contributed by atoms with van der Waals surface area (Å²) >= 11 is 10.6. The maximum absolute atomic E-state index is 8.92. The van der Waals surface area contributed by atoms with Gasteiger partial charge in [0.1, 0.15) is 0 Å². The van der Waals surface area contributed by atoms with Crippen molar-refractivity contribution >= 4 is 63.2 Å². The number of rotatable bonds is 11. The fourth-order valence-electron chi connectivity index (χ4n) is 2.21. The normalized spacial score (nSPS) is 10.7. The summed E-state index contributed by atoms with van der Waals surface area (Å²) in [6.07, 6.45) is 0. The van der Waals surface area contributed by atoms with Gasteiger partial charge in [-0.15, -0.1) is 11.3 Å². The van der Waals surface area contributed by atoms with Gasteiger partial charge in [-0.3, -0.25) is 0 Å². The first-order valence-corrected chi connectivity index (χ1v) is 12.4. The predicted molar refractivity (Wildman–Crippen MR) is 122 cm³/mol. The van der Waals surface area contributed by atoms with E-state index in [0.717, 1.165) is 62.3 Å². The van der Waals surface area contributed by atoms with Gasteiger partial charge in [0.2, 0.25) is 0 Å². The first-order chi connectivity index (χ1) is 12.7. The Morgan fingerprint density at radius 2 is 1.65 bits per heavy atom. The first-order valence-electron chi connectivity index (χ1n) is 8.81. The van der Waals surface area contributed by atoms with Crippen LogP contribution in [-0.4, -0.2) is 59.5 Å². The van der Waals surface area contributed by atoms with Crippen LogP contribution in [-0.2, 0) is 0 Å². The van der Waals surface area contributed by atoms with Gasteiger partial charge in [0, 0.05) is 47.7 Å².